The van der Waals surface area contributed by atoms with Gasteiger partial charge >= 0.3 is 0 Å². The van der Waals surface area contributed by atoms with E-state index in [9.17, 15) is 18.8 Å². The molecule has 1 fully saturated rings. The first-order valence-corrected chi connectivity index (χ1v) is 8.74. The minimum atomic E-state index is -1.13. The molecular formula is C21H21FN2O3. The molecule has 2 atom stereocenters. The summed E-state index contributed by atoms with van der Waals surface area (Å²) in [6.07, 6.45) is 0. The van der Waals surface area contributed by atoms with Gasteiger partial charge in [0.25, 0.3) is 5.91 Å². The molecule has 0 saturated carbocycles. The van der Waals surface area contributed by atoms with Crippen molar-refractivity contribution in [2.45, 2.75) is 6.04 Å². The van der Waals surface area contributed by atoms with Crippen molar-refractivity contribution in [3.05, 3.63) is 71.5 Å². The van der Waals surface area contributed by atoms with E-state index in [2.05, 4.69) is 0 Å². The van der Waals surface area contributed by atoms with E-state index >= 15 is 0 Å². The maximum atomic E-state index is 13.2. The van der Waals surface area contributed by atoms with Crippen LogP contribution in [0.2, 0.25) is 0 Å². The molecule has 2 aromatic carbocycles. The predicted octanol–water partition coefficient (Wildman–Crippen LogP) is 2.34. The van der Waals surface area contributed by atoms with Gasteiger partial charge in [-0.3, -0.25) is 14.4 Å². The van der Waals surface area contributed by atoms with E-state index in [-0.39, 0.29) is 5.56 Å². The van der Waals surface area contributed by atoms with Crippen LogP contribution >= 0.6 is 0 Å². The van der Waals surface area contributed by atoms with Crippen LogP contribution in [-0.4, -0.2) is 54.5 Å². The first-order valence-electron chi connectivity index (χ1n) is 8.74. The highest BCUT2D eigenvalue weighted by molar-refractivity contribution is 6.44. The average Bonchev–Trinajstić information content (AvgIpc) is 2.91. The van der Waals surface area contributed by atoms with E-state index in [1.807, 2.05) is 49.3 Å². The third-order valence-corrected chi connectivity index (χ3v) is 4.75. The molecule has 1 aliphatic heterocycles. The number of carbonyl (C=O) groups excluding carboxylic acids is 3. The Balaban J connectivity index is 2.01. The molecule has 0 spiro atoms. The number of nitrogens with zero attached hydrogens (tertiary/aromatic N) is 2. The maximum absolute atomic E-state index is 13.2. The van der Waals surface area contributed by atoms with Crippen LogP contribution in [0.4, 0.5) is 4.39 Å². The Morgan fingerprint density at radius 2 is 1.67 bits per heavy atom. The third-order valence-electron chi connectivity index (χ3n) is 4.75. The molecule has 0 aromatic heterocycles. The molecule has 6 heteroatoms. The molecule has 3 rings (SSSR count). The standard InChI is InChI=1S/C21H21FN2O3/c1-23(2)12-13-24-18(14-6-4-3-5-7-14)17(20(26)21(24)27)19(25)15-8-10-16(22)11-9-15/h3-11,17-18H,12-13H2,1-2H3. The maximum Gasteiger partial charge on any atom is 0.291 e. The van der Waals surface area contributed by atoms with E-state index in [0.717, 1.165) is 5.56 Å². The van der Waals surface area contributed by atoms with E-state index in [1.54, 1.807) is 0 Å². The van der Waals surface area contributed by atoms with Crippen LogP contribution in [0.3, 0.4) is 0 Å². The fraction of sp³-hybridized carbons (Fsp3) is 0.286. The third kappa shape index (κ3) is 3.80. The molecule has 140 valence electrons. The zero-order valence-corrected chi connectivity index (χ0v) is 15.3. The minimum absolute atomic E-state index is 0.220. The second kappa shape index (κ2) is 7.80. The lowest BCUT2D eigenvalue weighted by atomic mass is 9.86. The number of likely N-dealkylation sites (tertiary alicyclic amines) is 1. The molecule has 1 amide bonds. The molecule has 2 aromatic rings. The number of amides is 1. The van der Waals surface area contributed by atoms with Gasteiger partial charge in [-0.1, -0.05) is 30.3 Å². The van der Waals surface area contributed by atoms with Crippen molar-refractivity contribution < 1.29 is 18.8 Å². The summed E-state index contributed by atoms with van der Waals surface area (Å²) in [7, 11) is 3.75. The van der Waals surface area contributed by atoms with Crippen LogP contribution in [0.1, 0.15) is 22.0 Å². The molecule has 1 heterocycles. The summed E-state index contributed by atoms with van der Waals surface area (Å²) < 4.78 is 13.2. The SMILES string of the molecule is CN(C)CCN1C(=O)C(=O)C(C(=O)c2ccc(F)cc2)C1c1ccccc1. The average molecular weight is 368 g/mol. The van der Waals surface area contributed by atoms with Crippen molar-refractivity contribution in [3.63, 3.8) is 0 Å². The number of benzene rings is 2. The summed E-state index contributed by atoms with van der Waals surface area (Å²) in [5.74, 6) is -3.42. The molecular weight excluding hydrogens is 347 g/mol. The zero-order chi connectivity index (χ0) is 19.6. The normalized spacial score (nSPS) is 19.8. The van der Waals surface area contributed by atoms with Crippen molar-refractivity contribution in [2.24, 2.45) is 5.92 Å². The molecule has 0 N–H and O–H groups in total. The Morgan fingerprint density at radius 1 is 1.04 bits per heavy atom. The van der Waals surface area contributed by atoms with Crippen LogP contribution in [0.5, 0.6) is 0 Å². The van der Waals surface area contributed by atoms with Crippen LogP contribution in [0.15, 0.2) is 54.6 Å². The fourth-order valence-electron chi connectivity index (χ4n) is 3.35. The summed E-state index contributed by atoms with van der Waals surface area (Å²) in [5.41, 5.74) is 0.953. The van der Waals surface area contributed by atoms with E-state index in [0.29, 0.717) is 13.1 Å². The lowest BCUT2D eigenvalue weighted by molar-refractivity contribution is -0.140. The molecule has 1 saturated heterocycles. The van der Waals surface area contributed by atoms with Crippen molar-refractivity contribution in [2.75, 3.05) is 27.2 Å². The summed E-state index contributed by atoms with van der Waals surface area (Å²) in [6, 6.07) is 13.5. The van der Waals surface area contributed by atoms with Crippen LogP contribution in [0.25, 0.3) is 0 Å². The van der Waals surface area contributed by atoms with Crippen molar-refractivity contribution in [3.8, 4) is 0 Å². The number of rotatable bonds is 6. The van der Waals surface area contributed by atoms with Crippen LogP contribution < -0.4 is 0 Å². The first kappa shape index (κ1) is 18.9. The van der Waals surface area contributed by atoms with E-state index < -0.39 is 35.3 Å². The molecule has 0 bridgehead atoms. The monoisotopic (exact) mass is 368 g/mol. The van der Waals surface area contributed by atoms with Crippen molar-refractivity contribution in [1.82, 2.24) is 9.80 Å². The number of hydrogen-bond acceptors (Lipinski definition) is 4. The number of carbonyl (C=O) groups is 3. The lowest BCUT2D eigenvalue weighted by Crippen LogP contribution is -2.36. The summed E-state index contributed by atoms with van der Waals surface area (Å²) in [5, 5.41) is 0. The zero-order valence-electron chi connectivity index (χ0n) is 15.3. The van der Waals surface area contributed by atoms with E-state index in [4.69, 9.17) is 0 Å². The van der Waals surface area contributed by atoms with E-state index in [1.165, 1.54) is 29.2 Å². The highest BCUT2D eigenvalue weighted by atomic mass is 19.1. The molecule has 2 unspecified atom stereocenters. The van der Waals surface area contributed by atoms with Gasteiger partial charge in [0.1, 0.15) is 11.7 Å². The quantitative estimate of drug-likeness (QED) is 0.446. The minimum Gasteiger partial charge on any atom is -0.327 e. The van der Waals surface area contributed by atoms with Gasteiger partial charge in [0.15, 0.2) is 5.78 Å². The van der Waals surface area contributed by atoms with Gasteiger partial charge in [-0.15, -0.1) is 0 Å². The van der Waals surface area contributed by atoms with Gasteiger partial charge in [-0.25, -0.2) is 4.39 Å². The highest BCUT2D eigenvalue weighted by Crippen LogP contribution is 2.37. The Labute approximate surface area is 157 Å². The largest absolute Gasteiger partial charge is 0.327 e. The van der Waals surface area contributed by atoms with Crippen LogP contribution in [-0.2, 0) is 9.59 Å². The molecule has 27 heavy (non-hydrogen) atoms. The van der Waals surface area contributed by atoms with Gasteiger partial charge in [0.05, 0.1) is 6.04 Å². The Kier molecular flexibility index (Phi) is 5.46. The second-order valence-electron chi connectivity index (χ2n) is 6.87. The first-order chi connectivity index (χ1) is 12.9. The predicted molar refractivity (Wildman–Crippen MR) is 98.7 cm³/mol. The highest BCUT2D eigenvalue weighted by Gasteiger charge is 2.51. The summed E-state index contributed by atoms with van der Waals surface area (Å²) >= 11 is 0. The topological polar surface area (TPSA) is 57.7 Å². The molecule has 1 aliphatic rings. The second-order valence-corrected chi connectivity index (χ2v) is 6.87. The van der Waals surface area contributed by atoms with Gasteiger partial charge in [0.2, 0.25) is 5.78 Å². The smallest absolute Gasteiger partial charge is 0.291 e. The molecule has 0 radical (unpaired) electrons. The number of ketones is 2. The van der Waals surface area contributed by atoms with Gasteiger partial charge < -0.3 is 9.80 Å². The van der Waals surface area contributed by atoms with Gasteiger partial charge in [-0.05, 0) is 43.9 Å². The van der Waals surface area contributed by atoms with Gasteiger partial charge in [-0.2, -0.15) is 0 Å². The molecule has 0 aliphatic carbocycles. The Bertz CT molecular complexity index is 849. The Morgan fingerprint density at radius 3 is 2.26 bits per heavy atom. The number of Topliss-reactive ketones (excluding diaryl/α,β-unsaturated/α-hetero) is 2. The van der Waals surface area contributed by atoms with Crippen LogP contribution in [0, 0.1) is 11.7 Å². The van der Waals surface area contributed by atoms with Gasteiger partial charge in [0, 0.05) is 18.7 Å². The molecule has 5 nitrogen and oxygen atoms in total. The summed E-state index contributed by atoms with van der Waals surface area (Å²) in [6.45, 7) is 0.907. The Hall–Kier alpha value is -2.86. The van der Waals surface area contributed by atoms with Crippen molar-refractivity contribution in [1.29, 1.82) is 0 Å². The van der Waals surface area contributed by atoms with Crippen molar-refractivity contribution >= 4 is 17.5 Å². The lowest BCUT2D eigenvalue weighted by Gasteiger charge is -2.28. The number of hydrogen-bond donors (Lipinski definition) is 0. The fourth-order valence-corrected chi connectivity index (χ4v) is 3.35. The number of likely N-dealkylation sites (N-methyl/N-ethyl adjacent to an activating group) is 1. The summed E-state index contributed by atoms with van der Waals surface area (Å²) in [4.78, 5) is 41.8. The number of halogens is 1.